The van der Waals surface area contributed by atoms with Crippen molar-refractivity contribution in [3.05, 3.63) is 36.0 Å². The number of hydrogen-bond donors (Lipinski definition) is 0. The summed E-state index contributed by atoms with van der Waals surface area (Å²) in [6.07, 6.45) is -9.41. The second-order valence-corrected chi connectivity index (χ2v) is 6.52. The molecule has 0 aliphatic rings. The minimum Gasteiger partial charge on any atom is -0.491 e. The first kappa shape index (κ1) is 22.6. The van der Waals surface area contributed by atoms with Gasteiger partial charge in [-0.2, -0.15) is 31.3 Å². The van der Waals surface area contributed by atoms with Gasteiger partial charge in [0.05, 0.1) is 12.3 Å². The third-order valence-corrected chi connectivity index (χ3v) is 3.52. The first-order chi connectivity index (χ1) is 13.4. The van der Waals surface area contributed by atoms with Crippen LogP contribution in [-0.4, -0.2) is 36.4 Å². The Kier molecular flexibility index (Phi) is 6.81. The molecule has 5 nitrogen and oxygen atoms in total. The van der Waals surface area contributed by atoms with E-state index in [2.05, 4.69) is 14.7 Å². The Balaban J connectivity index is 2.39. The molecule has 0 spiro atoms. The number of aromatic nitrogens is 2. The van der Waals surface area contributed by atoms with E-state index in [0.717, 1.165) is 0 Å². The van der Waals surface area contributed by atoms with E-state index in [1.165, 1.54) is 11.9 Å². The van der Waals surface area contributed by atoms with Crippen LogP contribution in [0.3, 0.4) is 0 Å². The number of nitrogens with zero attached hydrogens (tertiary/aromatic N) is 3. The molecule has 0 atom stereocenters. The van der Waals surface area contributed by atoms with E-state index in [0.29, 0.717) is 24.2 Å². The third kappa shape index (κ3) is 6.40. The maximum Gasteiger partial charge on any atom is 0.423 e. The molecular weight excluding hydrogens is 404 g/mol. The van der Waals surface area contributed by atoms with Crippen LogP contribution in [0, 0.1) is 5.92 Å². The molecule has 29 heavy (non-hydrogen) atoms. The van der Waals surface area contributed by atoms with Crippen LogP contribution in [0.15, 0.2) is 30.5 Å². The van der Waals surface area contributed by atoms with E-state index < -0.39 is 30.4 Å². The lowest BCUT2D eigenvalue weighted by Crippen LogP contribution is -2.23. The second kappa shape index (κ2) is 8.75. The van der Waals surface area contributed by atoms with Crippen LogP contribution in [-0.2, 0) is 6.18 Å². The van der Waals surface area contributed by atoms with Crippen molar-refractivity contribution in [2.75, 3.05) is 25.2 Å². The van der Waals surface area contributed by atoms with E-state index in [9.17, 15) is 26.3 Å². The molecule has 0 aliphatic carbocycles. The summed E-state index contributed by atoms with van der Waals surface area (Å²) in [6, 6.07) is 6.64. The van der Waals surface area contributed by atoms with Crippen LogP contribution in [0.4, 0.5) is 38.0 Å². The number of ether oxygens (including phenoxy) is 2. The Morgan fingerprint density at radius 3 is 2.28 bits per heavy atom. The van der Waals surface area contributed by atoms with Crippen molar-refractivity contribution in [2.24, 2.45) is 5.92 Å². The molecule has 1 aromatic carbocycles. The van der Waals surface area contributed by atoms with E-state index in [1.54, 1.807) is 24.3 Å². The molecule has 0 saturated carbocycles. The van der Waals surface area contributed by atoms with Gasteiger partial charge < -0.3 is 14.4 Å². The van der Waals surface area contributed by atoms with E-state index >= 15 is 0 Å². The fourth-order valence-electron chi connectivity index (χ4n) is 2.19. The number of rotatable bonds is 7. The minimum atomic E-state index is -4.98. The number of hydrogen-bond acceptors (Lipinski definition) is 5. The van der Waals surface area contributed by atoms with Crippen LogP contribution in [0.2, 0.25) is 0 Å². The average molecular weight is 423 g/mol. The van der Waals surface area contributed by atoms with Gasteiger partial charge in [0.2, 0.25) is 11.8 Å². The van der Waals surface area contributed by atoms with Gasteiger partial charge in [0.1, 0.15) is 11.3 Å². The smallest absolute Gasteiger partial charge is 0.423 e. The van der Waals surface area contributed by atoms with Crippen molar-refractivity contribution < 1.29 is 35.8 Å². The summed E-state index contributed by atoms with van der Waals surface area (Å²) in [7, 11) is 1.45. The normalized spacial score (nSPS) is 12.2. The SMILES string of the molecule is CC(C)COc1ccccc1N(C)c1ncc(C(F)(F)F)c(OCC(F)(F)F)n1. The topological polar surface area (TPSA) is 47.5 Å². The molecule has 0 radical (unpaired) electrons. The molecular formula is C18H19F6N3O2. The van der Waals surface area contributed by atoms with Crippen molar-refractivity contribution in [2.45, 2.75) is 26.2 Å². The molecule has 0 aliphatic heterocycles. The maximum atomic E-state index is 13.1. The van der Waals surface area contributed by atoms with Crippen LogP contribution in [0.1, 0.15) is 19.4 Å². The molecule has 2 aromatic rings. The van der Waals surface area contributed by atoms with Gasteiger partial charge in [-0.05, 0) is 18.1 Å². The Labute approximate surface area is 163 Å². The zero-order valence-electron chi connectivity index (χ0n) is 15.8. The number of benzene rings is 1. The monoisotopic (exact) mass is 423 g/mol. The standard InChI is InChI=1S/C18H19F6N3O2/c1-11(2)9-28-14-7-5-4-6-13(14)27(3)16-25-8-12(18(22,23)24)15(26-16)29-10-17(19,20)21/h4-8,11H,9-10H2,1-3H3. The van der Waals surface area contributed by atoms with Gasteiger partial charge in [-0.3, -0.25) is 0 Å². The molecule has 1 heterocycles. The fourth-order valence-corrected chi connectivity index (χ4v) is 2.19. The number of para-hydroxylation sites is 2. The molecule has 160 valence electrons. The highest BCUT2D eigenvalue weighted by Crippen LogP contribution is 2.37. The summed E-state index contributed by atoms with van der Waals surface area (Å²) < 4.78 is 86.5. The lowest BCUT2D eigenvalue weighted by molar-refractivity contribution is -0.159. The summed E-state index contributed by atoms with van der Waals surface area (Å²) in [4.78, 5) is 8.51. The summed E-state index contributed by atoms with van der Waals surface area (Å²) in [5.74, 6) is -0.842. The highest BCUT2D eigenvalue weighted by Gasteiger charge is 2.38. The van der Waals surface area contributed by atoms with Crippen molar-refractivity contribution in [3.63, 3.8) is 0 Å². The van der Waals surface area contributed by atoms with Gasteiger partial charge in [-0.25, -0.2) is 4.98 Å². The quantitative estimate of drug-likeness (QED) is 0.570. The van der Waals surface area contributed by atoms with Crippen molar-refractivity contribution >= 4 is 11.6 Å². The summed E-state index contributed by atoms with van der Waals surface area (Å²) in [5.41, 5.74) is -1.07. The van der Waals surface area contributed by atoms with Gasteiger partial charge >= 0.3 is 12.4 Å². The van der Waals surface area contributed by atoms with Crippen molar-refractivity contribution in [1.82, 2.24) is 9.97 Å². The zero-order chi connectivity index (χ0) is 21.8. The largest absolute Gasteiger partial charge is 0.491 e. The Morgan fingerprint density at radius 1 is 1.03 bits per heavy atom. The van der Waals surface area contributed by atoms with Crippen molar-refractivity contribution in [1.29, 1.82) is 0 Å². The molecule has 0 amide bonds. The summed E-state index contributed by atoms with van der Waals surface area (Å²) in [5, 5.41) is 0. The molecule has 0 fully saturated rings. The summed E-state index contributed by atoms with van der Waals surface area (Å²) >= 11 is 0. The Bertz CT molecular complexity index is 824. The van der Waals surface area contributed by atoms with Gasteiger partial charge in [0.25, 0.3) is 0 Å². The van der Waals surface area contributed by atoms with Gasteiger partial charge in [0.15, 0.2) is 6.61 Å². The molecule has 0 saturated heterocycles. The van der Waals surface area contributed by atoms with Gasteiger partial charge in [-0.1, -0.05) is 26.0 Å². The van der Waals surface area contributed by atoms with Gasteiger partial charge in [0, 0.05) is 13.2 Å². The highest BCUT2D eigenvalue weighted by atomic mass is 19.4. The van der Waals surface area contributed by atoms with Crippen LogP contribution in [0.5, 0.6) is 11.6 Å². The van der Waals surface area contributed by atoms with E-state index in [4.69, 9.17) is 4.74 Å². The predicted molar refractivity (Wildman–Crippen MR) is 93.4 cm³/mol. The molecule has 11 heteroatoms. The minimum absolute atomic E-state index is 0.220. The zero-order valence-corrected chi connectivity index (χ0v) is 15.8. The van der Waals surface area contributed by atoms with Crippen molar-refractivity contribution in [3.8, 4) is 11.6 Å². The second-order valence-electron chi connectivity index (χ2n) is 6.52. The third-order valence-electron chi connectivity index (χ3n) is 3.52. The van der Waals surface area contributed by atoms with Crippen LogP contribution in [0.25, 0.3) is 0 Å². The predicted octanol–water partition coefficient (Wildman–Crippen LogP) is 5.24. The molecule has 0 bridgehead atoms. The Hall–Kier alpha value is -2.72. The van der Waals surface area contributed by atoms with E-state index in [1.807, 2.05) is 13.8 Å². The average Bonchev–Trinajstić information content (AvgIpc) is 2.62. The molecule has 0 unspecified atom stereocenters. The van der Waals surface area contributed by atoms with Crippen LogP contribution < -0.4 is 14.4 Å². The van der Waals surface area contributed by atoms with Crippen LogP contribution >= 0.6 is 0 Å². The number of anilines is 2. The molecule has 1 aromatic heterocycles. The lowest BCUT2D eigenvalue weighted by atomic mass is 10.2. The lowest BCUT2D eigenvalue weighted by Gasteiger charge is -2.22. The first-order valence-electron chi connectivity index (χ1n) is 8.48. The highest BCUT2D eigenvalue weighted by molar-refractivity contribution is 5.65. The fraction of sp³-hybridized carbons (Fsp3) is 0.444. The van der Waals surface area contributed by atoms with Gasteiger partial charge in [-0.15, -0.1) is 0 Å². The van der Waals surface area contributed by atoms with E-state index in [-0.39, 0.29) is 11.9 Å². The summed E-state index contributed by atoms with van der Waals surface area (Å²) in [6.45, 7) is 2.36. The molecule has 2 rings (SSSR count). The molecule has 0 N–H and O–H groups in total. The maximum absolute atomic E-state index is 13.1. The number of halogens is 6. The Morgan fingerprint density at radius 2 is 1.69 bits per heavy atom. The first-order valence-corrected chi connectivity index (χ1v) is 8.48. The number of alkyl halides is 6.